The lowest BCUT2D eigenvalue weighted by atomic mass is 9.94. The molecular formula is C20H20ClF5N4O2S. The average molecular weight is 511 g/mol. The molecule has 1 fully saturated rings. The smallest absolute Gasteiger partial charge is 0.370 e. The number of amides is 1. The number of hydrogen-bond acceptors (Lipinski definition) is 5. The zero-order valence-corrected chi connectivity index (χ0v) is 19.0. The van der Waals surface area contributed by atoms with Crippen LogP contribution in [0.4, 0.5) is 33.3 Å². The van der Waals surface area contributed by atoms with Gasteiger partial charge in [-0.25, -0.2) is 22.8 Å². The summed E-state index contributed by atoms with van der Waals surface area (Å²) in [6, 6.07) is 4.10. The largest absolute Gasteiger partial charge is 0.417 e. The first-order valence-electron chi connectivity index (χ1n) is 9.64. The third-order valence-corrected chi connectivity index (χ3v) is 6.63. The van der Waals surface area contributed by atoms with Gasteiger partial charge in [0.05, 0.1) is 31.6 Å². The first kappa shape index (κ1) is 25.2. The average Bonchev–Trinajstić information content (AvgIpc) is 2.68. The van der Waals surface area contributed by atoms with E-state index in [9.17, 15) is 31.0 Å². The van der Waals surface area contributed by atoms with Crippen molar-refractivity contribution < 1.29 is 31.0 Å². The van der Waals surface area contributed by atoms with Crippen LogP contribution in [0.25, 0.3) is 0 Å². The highest BCUT2D eigenvalue weighted by molar-refractivity contribution is 7.91. The number of hydrogen-bond donors (Lipinski definition) is 2. The van der Waals surface area contributed by atoms with Crippen molar-refractivity contribution in [2.75, 3.05) is 29.6 Å². The van der Waals surface area contributed by atoms with Crippen LogP contribution in [0.15, 0.2) is 35.5 Å². The highest BCUT2D eigenvalue weighted by atomic mass is 35.5. The lowest BCUT2D eigenvalue weighted by molar-refractivity contribution is -0.137. The number of nitrogens with zero attached hydrogens (tertiary/aromatic N) is 2. The van der Waals surface area contributed by atoms with Crippen LogP contribution in [0.5, 0.6) is 0 Å². The first-order chi connectivity index (χ1) is 15.1. The van der Waals surface area contributed by atoms with Crippen molar-refractivity contribution >= 4 is 38.6 Å². The predicted molar refractivity (Wildman–Crippen MR) is 115 cm³/mol. The second kappa shape index (κ2) is 8.71. The second-order valence-corrected chi connectivity index (χ2v) is 10.4. The van der Waals surface area contributed by atoms with E-state index in [0.29, 0.717) is 6.07 Å². The molecule has 2 heterocycles. The molecule has 33 heavy (non-hydrogen) atoms. The van der Waals surface area contributed by atoms with E-state index in [4.69, 9.17) is 16.4 Å². The van der Waals surface area contributed by atoms with E-state index in [-0.39, 0.29) is 35.1 Å². The van der Waals surface area contributed by atoms with Gasteiger partial charge < -0.3 is 10.2 Å². The number of carbonyl (C=O) groups is 1. The summed E-state index contributed by atoms with van der Waals surface area (Å²) in [5.74, 6) is -4.98. The summed E-state index contributed by atoms with van der Waals surface area (Å²) in [4.78, 5) is 18.1. The van der Waals surface area contributed by atoms with Crippen molar-refractivity contribution in [3.63, 3.8) is 0 Å². The molecule has 0 spiro atoms. The van der Waals surface area contributed by atoms with Crippen LogP contribution >= 0.6 is 11.6 Å². The minimum absolute atomic E-state index is 0.0990. The minimum atomic E-state index is -4.82. The number of nitrogens with one attached hydrogen (secondary N) is 2. The number of carbonyl (C=O) groups excluding carboxylic acids is 1. The number of halogens is 6. The molecule has 1 aromatic carbocycles. The summed E-state index contributed by atoms with van der Waals surface area (Å²) < 4.78 is 87.8. The summed E-state index contributed by atoms with van der Waals surface area (Å²) in [5.41, 5.74) is -1.51. The molecule has 0 saturated carbocycles. The van der Waals surface area contributed by atoms with Crippen LogP contribution in [-0.4, -0.2) is 40.4 Å². The Balaban J connectivity index is 2.04. The molecule has 2 aromatic rings. The summed E-state index contributed by atoms with van der Waals surface area (Å²) in [6.07, 6.45) is -3.04. The van der Waals surface area contributed by atoms with Gasteiger partial charge in [0.25, 0.3) is 11.8 Å². The van der Waals surface area contributed by atoms with E-state index in [2.05, 4.69) is 10.3 Å². The summed E-state index contributed by atoms with van der Waals surface area (Å²) in [6.45, 7) is 0.767. The number of aromatic nitrogens is 1. The van der Waals surface area contributed by atoms with Crippen LogP contribution in [0.1, 0.15) is 29.3 Å². The number of benzene rings is 1. The Labute approximate surface area is 192 Å². The van der Waals surface area contributed by atoms with Gasteiger partial charge in [-0.15, -0.1) is 0 Å². The summed E-state index contributed by atoms with van der Waals surface area (Å²) in [7, 11) is -3.18. The number of rotatable bonds is 4. The van der Waals surface area contributed by atoms with Gasteiger partial charge in [0.1, 0.15) is 5.03 Å². The molecule has 2 atom stereocenters. The van der Waals surface area contributed by atoms with Crippen molar-refractivity contribution in [1.82, 2.24) is 4.98 Å². The molecule has 3 rings (SSSR count). The number of alkyl halides is 5. The Morgan fingerprint density at radius 2 is 2.00 bits per heavy atom. The molecule has 1 amide bonds. The highest BCUT2D eigenvalue weighted by Crippen LogP contribution is 2.41. The van der Waals surface area contributed by atoms with Gasteiger partial charge in [0.15, 0.2) is 0 Å². The number of anilines is 2. The Kier molecular flexibility index (Phi) is 6.64. The monoisotopic (exact) mass is 510 g/mol. The molecule has 0 aliphatic carbocycles. The Hall–Kier alpha value is -2.47. The van der Waals surface area contributed by atoms with Crippen molar-refractivity contribution in [3.8, 4) is 0 Å². The minimum Gasteiger partial charge on any atom is -0.370 e. The SMILES string of the molecule is CC1CN(c2cc(C(F)(F)F)c(Cl)cc2C(=O)Nc2ccnc([S@](C)(=N)=O)c2)CCC1(F)F. The van der Waals surface area contributed by atoms with Crippen LogP contribution in [-0.2, 0) is 15.9 Å². The third-order valence-electron chi connectivity index (χ3n) is 5.30. The molecule has 0 bridgehead atoms. The standard InChI is InChI=1S/C20H20ClF5N4O2S/c1-11-10-30(6-4-19(11,22)23)16-9-14(20(24,25)26)15(21)8-13(16)18(31)29-12-3-5-28-17(7-12)33(2,27)32/h3,5,7-9,11,27H,4,6,10H2,1-2H3,(H,28,29,31)/t11?,33-/m1/s1. The number of pyridine rings is 1. The maximum atomic E-state index is 13.9. The quantitative estimate of drug-likeness (QED) is 0.530. The Morgan fingerprint density at radius 1 is 1.33 bits per heavy atom. The van der Waals surface area contributed by atoms with Crippen LogP contribution in [0.2, 0.25) is 5.02 Å². The molecule has 6 nitrogen and oxygen atoms in total. The fourth-order valence-electron chi connectivity index (χ4n) is 3.43. The predicted octanol–water partition coefficient (Wildman–Crippen LogP) is 5.52. The van der Waals surface area contributed by atoms with Crippen LogP contribution < -0.4 is 10.2 Å². The van der Waals surface area contributed by atoms with E-state index < -0.39 is 50.7 Å². The zero-order valence-electron chi connectivity index (χ0n) is 17.5. The van der Waals surface area contributed by atoms with E-state index in [1.165, 1.54) is 30.2 Å². The summed E-state index contributed by atoms with van der Waals surface area (Å²) >= 11 is 5.82. The lowest BCUT2D eigenvalue weighted by Gasteiger charge is -2.39. The number of piperidine rings is 1. The third kappa shape index (κ3) is 5.55. The van der Waals surface area contributed by atoms with Gasteiger partial charge in [0, 0.05) is 43.6 Å². The van der Waals surface area contributed by atoms with E-state index >= 15 is 0 Å². The maximum absolute atomic E-state index is 13.9. The van der Waals surface area contributed by atoms with E-state index in [0.717, 1.165) is 12.3 Å². The van der Waals surface area contributed by atoms with Crippen molar-refractivity contribution in [1.29, 1.82) is 4.78 Å². The van der Waals surface area contributed by atoms with Gasteiger partial charge >= 0.3 is 6.18 Å². The Morgan fingerprint density at radius 3 is 2.58 bits per heavy atom. The molecule has 1 aliphatic heterocycles. The fraction of sp³-hybridized carbons (Fsp3) is 0.400. The van der Waals surface area contributed by atoms with Gasteiger partial charge in [0.2, 0.25) is 0 Å². The van der Waals surface area contributed by atoms with Crippen molar-refractivity contribution in [2.45, 2.75) is 30.5 Å². The first-order valence-corrected chi connectivity index (χ1v) is 12.0. The molecule has 1 unspecified atom stereocenters. The second-order valence-electron chi connectivity index (χ2n) is 7.89. The lowest BCUT2D eigenvalue weighted by Crippen LogP contribution is -2.46. The van der Waals surface area contributed by atoms with Gasteiger partial charge in [-0.3, -0.25) is 4.79 Å². The highest BCUT2D eigenvalue weighted by Gasteiger charge is 2.42. The topological polar surface area (TPSA) is 86.2 Å². The van der Waals surface area contributed by atoms with Gasteiger partial charge in [-0.05, 0) is 24.3 Å². The molecule has 1 aliphatic rings. The normalized spacial score (nSPS) is 20.2. The van der Waals surface area contributed by atoms with Crippen LogP contribution in [0, 0.1) is 10.7 Å². The zero-order chi connectivity index (χ0) is 24.8. The maximum Gasteiger partial charge on any atom is 0.417 e. The van der Waals surface area contributed by atoms with Crippen molar-refractivity contribution in [2.24, 2.45) is 5.92 Å². The molecule has 1 saturated heterocycles. The van der Waals surface area contributed by atoms with E-state index in [1.54, 1.807) is 0 Å². The molecule has 180 valence electrons. The molecule has 1 aromatic heterocycles. The van der Waals surface area contributed by atoms with Gasteiger partial charge in [-0.1, -0.05) is 18.5 Å². The molecule has 0 radical (unpaired) electrons. The summed E-state index contributed by atoms with van der Waals surface area (Å²) in [5, 5.41) is 1.64. The molecular weight excluding hydrogens is 491 g/mol. The van der Waals surface area contributed by atoms with Gasteiger partial charge in [-0.2, -0.15) is 13.2 Å². The van der Waals surface area contributed by atoms with E-state index in [1.807, 2.05) is 0 Å². The molecule has 13 heteroatoms. The Bertz CT molecular complexity index is 1190. The molecule has 2 N–H and O–H groups in total. The van der Waals surface area contributed by atoms with Crippen LogP contribution in [0.3, 0.4) is 0 Å². The van der Waals surface area contributed by atoms with Crippen molar-refractivity contribution in [3.05, 3.63) is 46.6 Å². The fourth-order valence-corrected chi connectivity index (χ4v) is 4.31.